The Balaban J connectivity index is 2.37. The number of hydrogen-bond acceptors (Lipinski definition) is 4. The molecule has 2 rings (SSSR count). The third kappa shape index (κ3) is 4.54. The van der Waals surface area contributed by atoms with Gasteiger partial charge in [0.25, 0.3) is 5.91 Å². The zero-order chi connectivity index (χ0) is 18.2. The first kappa shape index (κ1) is 19.3. The van der Waals surface area contributed by atoms with Gasteiger partial charge in [-0.1, -0.05) is 13.0 Å². The van der Waals surface area contributed by atoms with Gasteiger partial charge in [-0.15, -0.1) is 6.58 Å². The van der Waals surface area contributed by atoms with Crippen molar-refractivity contribution in [2.24, 2.45) is 0 Å². The van der Waals surface area contributed by atoms with Crippen molar-refractivity contribution in [1.29, 1.82) is 0 Å². The first-order valence-electron chi connectivity index (χ1n) is 9.03. The molecule has 1 saturated heterocycles. The highest BCUT2D eigenvalue weighted by Gasteiger charge is 2.27. The van der Waals surface area contributed by atoms with Crippen molar-refractivity contribution in [2.45, 2.75) is 38.6 Å². The molecule has 1 fully saturated rings. The number of benzene rings is 1. The van der Waals surface area contributed by atoms with E-state index >= 15 is 0 Å². The van der Waals surface area contributed by atoms with Crippen molar-refractivity contribution in [2.75, 3.05) is 33.9 Å². The molecule has 1 aliphatic rings. The van der Waals surface area contributed by atoms with Crippen LogP contribution in [0, 0.1) is 0 Å². The van der Waals surface area contributed by atoms with E-state index in [4.69, 9.17) is 9.47 Å². The minimum Gasteiger partial charge on any atom is -0.493 e. The van der Waals surface area contributed by atoms with E-state index in [0.717, 1.165) is 44.5 Å². The fourth-order valence-electron chi connectivity index (χ4n) is 3.45. The molecule has 1 aliphatic heterocycles. The molecule has 138 valence electrons. The molecule has 1 aromatic carbocycles. The van der Waals surface area contributed by atoms with Gasteiger partial charge in [0.05, 0.1) is 14.2 Å². The molecule has 25 heavy (non-hydrogen) atoms. The van der Waals surface area contributed by atoms with Crippen LogP contribution in [0.2, 0.25) is 0 Å². The Morgan fingerprint density at radius 2 is 2.04 bits per heavy atom. The second-order valence-electron chi connectivity index (χ2n) is 6.34. The Labute approximate surface area is 151 Å². The van der Waals surface area contributed by atoms with E-state index in [1.165, 1.54) is 0 Å². The van der Waals surface area contributed by atoms with Crippen molar-refractivity contribution in [3.8, 4) is 11.5 Å². The number of hydrogen-bond donors (Lipinski definition) is 1. The normalized spacial score (nSPS) is 14.8. The van der Waals surface area contributed by atoms with Crippen molar-refractivity contribution >= 4 is 5.91 Å². The number of allylic oxidation sites excluding steroid dienone is 1. The zero-order valence-electron chi connectivity index (χ0n) is 15.6. The molecule has 1 heterocycles. The molecule has 0 saturated carbocycles. The average Bonchev–Trinajstić information content (AvgIpc) is 2.65. The highest BCUT2D eigenvalue weighted by atomic mass is 16.5. The van der Waals surface area contributed by atoms with Gasteiger partial charge in [-0.3, -0.25) is 4.79 Å². The van der Waals surface area contributed by atoms with Crippen LogP contribution in [-0.4, -0.2) is 50.7 Å². The van der Waals surface area contributed by atoms with E-state index in [1.54, 1.807) is 20.3 Å². The average molecular weight is 346 g/mol. The number of ether oxygens (including phenoxy) is 2. The minimum absolute atomic E-state index is 0.0695. The van der Waals surface area contributed by atoms with Gasteiger partial charge in [0.15, 0.2) is 11.5 Å². The van der Waals surface area contributed by atoms with Crippen LogP contribution in [0.1, 0.15) is 42.1 Å². The largest absolute Gasteiger partial charge is 0.493 e. The van der Waals surface area contributed by atoms with Crippen molar-refractivity contribution < 1.29 is 14.3 Å². The Morgan fingerprint density at radius 3 is 2.60 bits per heavy atom. The van der Waals surface area contributed by atoms with Crippen LogP contribution in [-0.2, 0) is 6.42 Å². The molecular weight excluding hydrogens is 316 g/mol. The van der Waals surface area contributed by atoms with Crippen LogP contribution in [0.3, 0.4) is 0 Å². The summed E-state index contributed by atoms with van der Waals surface area (Å²) >= 11 is 0. The lowest BCUT2D eigenvalue weighted by Crippen LogP contribution is -2.46. The second-order valence-corrected chi connectivity index (χ2v) is 6.34. The number of rotatable bonds is 8. The van der Waals surface area contributed by atoms with Gasteiger partial charge < -0.3 is 19.7 Å². The van der Waals surface area contributed by atoms with Crippen LogP contribution in [0.25, 0.3) is 0 Å². The number of carbonyl (C=O) groups is 1. The van der Waals surface area contributed by atoms with E-state index in [0.29, 0.717) is 29.5 Å². The smallest absolute Gasteiger partial charge is 0.254 e. The molecule has 1 N–H and O–H groups in total. The van der Waals surface area contributed by atoms with Crippen LogP contribution < -0.4 is 14.8 Å². The monoisotopic (exact) mass is 346 g/mol. The lowest BCUT2D eigenvalue weighted by atomic mass is 10.0. The summed E-state index contributed by atoms with van der Waals surface area (Å²) in [5, 5.41) is 3.36. The van der Waals surface area contributed by atoms with Crippen molar-refractivity contribution in [1.82, 2.24) is 10.2 Å². The first-order chi connectivity index (χ1) is 12.2. The zero-order valence-corrected chi connectivity index (χ0v) is 15.6. The fourth-order valence-corrected chi connectivity index (χ4v) is 3.45. The molecule has 1 amide bonds. The number of methoxy groups -OCH3 is 2. The lowest BCUT2D eigenvalue weighted by Gasteiger charge is -2.35. The maximum Gasteiger partial charge on any atom is 0.254 e. The highest BCUT2D eigenvalue weighted by molar-refractivity contribution is 5.95. The number of piperidine rings is 1. The fraction of sp³-hybridized carbons (Fsp3) is 0.550. The molecule has 0 aromatic heterocycles. The van der Waals surface area contributed by atoms with Crippen LogP contribution in [0.4, 0.5) is 0 Å². The number of carbonyl (C=O) groups excluding carboxylic acids is 1. The molecule has 1 aromatic rings. The molecule has 0 atom stereocenters. The molecule has 0 unspecified atom stereocenters. The van der Waals surface area contributed by atoms with Crippen molar-refractivity contribution in [3.05, 3.63) is 35.9 Å². The molecule has 0 radical (unpaired) electrons. The first-order valence-corrected chi connectivity index (χ1v) is 9.03. The van der Waals surface area contributed by atoms with E-state index < -0.39 is 0 Å². The topological polar surface area (TPSA) is 50.8 Å². The molecular formula is C20H30N2O3. The van der Waals surface area contributed by atoms with Gasteiger partial charge >= 0.3 is 0 Å². The lowest BCUT2D eigenvalue weighted by molar-refractivity contribution is 0.0642. The van der Waals surface area contributed by atoms with Gasteiger partial charge in [0.2, 0.25) is 0 Å². The minimum atomic E-state index is 0.0695. The van der Waals surface area contributed by atoms with Crippen molar-refractivity contribution in [3.63, 3.8) is 0 Å². The predicted octanol–water partition coefficient (Wildman–Crippen LogP) is 3.04. The van der Waals surface area contributed by atoms with Gasteiger partial charge in [-0.25, -0.2) is 0 Å². The highest BCUT2D eigenvalue weighted by Crippen LogP contribution is 2.34. The predicted molar refractivity (Wildman–Crippen MR) is 101 cm³/mol. The van der Waals surface area contributed by atoms with Gasteiger partial charge in [0, 0.05) is 23.7 Å². The maximum absolute atomic E-state index is 13.2. The van der Waals surface area contributed by atoms with Crippen LogP contribution in [0.5, 0.6) is 11.5 Å². The Morgan fingerprint density at radius 1 is 1.32 bits per heavy atom. The van der Waals surface area contributed by atoms with Crippen LogP contribution in [0.15, 0.2) is 24.8 Å². The quantitative estimate of drug-likeness (QED) is 0.735. The summed E-state index contributed by atoms with van der Waals surface area (Å²) < 4.78 is 10.9. The van der Waals surface area contributed by atoms with E-state index in [2.05, 4.69) is 18.8 Å². The molecule has 5 nitrogen and oxygen atoms in total. The summed E-state index contributed by atoms with van der Waals surface area (Å²) in [7, 11) is 3.21. The number of nitrogens with zero attached hydrogens (tertiary/aromatic N) is 1. The second kappa shape index (κ2) is 9.47. The molecule has 0 spiro atoms. The number of nitrogens with one attached hydrogen (secondary N) is 1. The molecule has 0 bridgehead atoms. The van der Waals surface area contributed by atoms with E-state index in [1.807, 2.05) is 17.0 Å². The summed E-state index contributed by atoms with van der Waals surface area (Å²) in [5.74, 6) is 1.33. The summed E-state index contributed by atoms with van der Waals surface area (Å²) in [5.41, 5.74) is 1.57. The summed E-state index contributed by atoms with van der Waals surface area (Å²) in [6.45, 7) is 8.61. The SMILES string of the molecule is C=CCc1cc(C(=O)N(CCC)C2CCNCC2)cc(OC)c1OC. The van der Waals surface area contributed by atoms with Gasteiger partial charge in [0.1, 0.15) is 0 Å². The van der Waals surface area contributed by atoms with E-state index in [-0.39, 0.29) is 5.91 Å². The number of amides is 1. The third-order valence-electron chi connectivity index (χ3n) is 4.64. The van der Waals surface area contributed by atoms with Gasteiger partial charge in [-0.05, 0) is 50.9 Å². The Hall–Kier alpha value is -2.01. The van der Waals surface area contributed by atoms with E-state index in [9.17, 15) is 4.79 Å². The van der Waals surface area contributed by atoms with Gasteiger partial charge in [-0.2, -0.15) is 0 Å². The standard InChI is InChI=1S/C20H30N2O3/c1-5-7-15-13-16(14-18(24-3)19(15)25-4)20(23)22(12-6-2)17-8-10-21-11-9-17/h5,13-14,17,21H,1,6-12H2,2-4H3. The summed E-state index contributed by atoms with van der Waals surface area (Å²) in [4.78, 5) is 15.3. The molecule has 5 heteroatoms. The van der Waals surface area contributed by atoms with Crippen LogP contribution >= 0.6 is 0 Å². The third-order valence-corrected chi connectivity index (χ3v) is 4.64. The Bertz CT molecular complexity index is 595. The molecule has 0 aliphatic carbocycles. The summed E-state index contributed by atoms with van der Waals surface area (Å²) in [6.07, 6.45) is 5.38. The summed E-state index contributed by atoms with van der Waals surface area (Å²) in [6, 6.07) is 4.00. The maximum atomic E-state index is 13.2. The Kier molecular flexibility index (Phi) is 7.31.